The lowest BCUT2D eigenvalue weighted by Gasteiger charge is -2.47. The summed E-state index contributed by atoms with van der Waals surface area (Å²) in [6.07, 6.45) is 2.12. The Kier molecular flexibility index (Phi) is 4.38. The largest absolute Gasteiger partial charge is 0.331 e. The molecule has 2 heterocycles. The van der Waals surface area contributed by atoms with Crippen LogP contribution in [0.4, 0.5) is 16.2 Å². The van der Waals surface area contributed by atoms with Crippen LogP contribution in [-0.4, -0.2) is 48.9 Å². The van der Waals surface area contributed by atoms with Gasteiger partial charge in [0.05, 0.1) is 5.69 Å². The zero-order valence-corrected chi connectivity index (χ0v) is 15.9. The van der Waals surface area contributed by atoms with Crippen molar-refractivity contribution in [1.29, 1.82) is 0 Å². The Hall–Kier alpha value is -2.82. The van der Waals surface area contributed by atoms with Crippen molar-refractivity contribution < 1.29 is 9.59 Å². The number of urea groups is 1. The predicted octanol–water partition coefficient (Wildman–Crippen LogP) is 3.77. The monoisotopic (exact) mass is 363 g/mol. The van der Waals surface area contributed by atoms with E-state index >= 15 is 0 Å². The van der Waals surface area contributed by atoms with Crippen LogP contribution in [-0.2, 0) is 10.2 Å². The summed E-state index contributed by atoms with van der Waals surface area (Å²) in [6.45, 7) is 1.37. The number of likely N-dealkylation sites (tertiary alicyclic amines) is 1. The summed E-state index contributed by atoms with van der Waals surface area (Å²) in [5.74, 6) is 0.132. The van der Waals surface area contributed by atoms with Crippen molar-refractivity contribution in [3.63, 3.8) is 0 Å². The number of hydrogen-bond acceptors (Lipinski definition) is 2. The molecule has 2 aliphatic heterocycles. The lowest BCUT2D eigenvalue weighted by Crippen LogP contribution is -2.51. The van der Waals surface area contributed by atoms with E-state index in [0.717, 1.165) is 24.2 Å². The molecule has 5 nitrogen and oxygen atoms in total. The third-order valence-corrected chi connectivity index (χ3v) is 5.84. The number of carbonyl (C=O) groups is 2. The Labute approximate surface area is 160 Å². The summed E-state index contributed by atoms with van der Waals surface area (Å²) in [7, 11) is 3.56. The molecule has 0 saturated carbocycles. The molecule has 0 unspecified atom stereocenters. The van der Waals surface area contributed by atoms with Crippen molar-refractivity contribution in [3.8, 4) is 0 Å². The van der Waals surface area contributed by atoms with Gasteiger partial charge in [-0.1, -0.05) is 36.4 Å². The first-order valence-corrected chi connectivity index (χ1v) is 9.46. The maximum Gasteiger partial charge on any atom is 0.319 e. The van der Waals surface area contributed by atoms with Crippen molar-refractivity contribution in [2.24, 2.45) is 0 Å². The summed E-state index contributed by atoms with van der Waals surface area (Å²) < 4.78 is 0. The number of benzene rings is 2. The molecule has 1 saturated heterocycles. The van der Waals surface area contributed by atoms with E-state index in [0.29, 0.717) is 19.5 Å². The van der Waals surface area contributed by atoms with Crippen LogP contribution in [0, 0.1) is 0 Å². The van der Waals surface area contributed by atoms with E-state index in [1.165, 1.54) is 5.56 Å². The average molecular weight is 363 g/mol. The van der Waals surface area contributed by atoms with Crippen LogP contribution in [0.2, 0.25) is 0 Å². The Morgan fingerprint density at radius 1 is 0.963 bits per heavy atom. The fourth-order valence-electron chi connectivity index (χ4n) is 4.43. The SMILES string of the molecule is CN(C)C(=O)N1CCC2(CC1)CC(=O)N(c1ccccc1)c1ccccc12. The molecule has 3 amide bonds. The van der Waals surface area contributed by atoms with Crippen LogP contribution < -0.4 is 4.90 Å². The van der Waals surface area contributed by atoms with Gasteiger partial charge in [-0.15, -0.1) is 0 Å². The van der Waals surface area contributed by atoms with Gasteiger partial charge in [0, 0.05) is 44.7 Å². The van der Waals surface area contributed by atoms with Gasteiger partial charge >= 0.3 is 6.03 Å². The van der Waals surface area contributed by atoms with E-state index in [9.17, 15) is 9.59 Å². The third-order valence-electron chi connectivity index (χ3n) is 5.84. The highest BCUT2D eigenvalue weighted by molar-refractivity contribution is 6.04. The molecular formula is C22H25N3O2. The van der Waals surface area contributed by atoms with Gasteiger partial charge in [-0.25, -0.2) is 4.79 Å². The number of fused-ring (bicyclic) bond motifs is 2. The Balaban J connectivity index is 1.68. The molecule has 0 aromatic heterocycles. The van der Waals surface area contributed by atoms with Crippen molar-refractivity contribution in [2.75, 3.05) is 32.1 Å². The predicted molar refractivity (Wildman–Crippen MR) is 106 cm³/mol. The van der Waals surface area contributed by atoms with Crippen molar-refractivity contribution in [2.45, 2.75) is 24.7 Å². The van der Waals surface area contributed by atoms with Crippen LogP contribution in [0.5, 0.6) is 0 Å². The zero-order valence-electron chi connectivity index (χ0n) is 15.9. The van der Waals surface area contributed by atoms with Gasteiger partial charge in [0.2, 0.25) is 5.91 Å². The highest BCUT2D eigenvalue weighted by atomic mass is 16.2. The molecule has 1 spiro atoms. The summed E-state index contributed by atoms with van der Waals surface area (Å²) in [6, 6.07) is 18.1. The molecule has 27 heavy (non-hydrogen) atoms. The van der Waals surface area contributed by atoms with Crippen LogP contribution in [0.15, 0.2) is 54.6 Å². The molecule has 1 fully saturated rings. The van der Waals surface area contributed by atoms with Gasteiger partial charge in [0.1, 0.15) is 0 Å². The Morgan fingerprint density at radius 2 is 1.59 bits per heavy atom. The Morgan fingerprint density at radius 3 is 2.26 bits per heavy atom. The van der Waals surface area contributed by atoms with Crippen LogP contribution >= 0.6 is 0 Å². The van der Waals surface area contributed by atoms with Gasteiger partial charge in [0.25, 0.3) is 0 Å². The molecule has 0 N–H and O–H groups in total. The number of para-hydroxylation sites is 2. The zero-order chi connectivity index (χ0) is 19.0. The summed E-state index contributed by atoms with van der Waals surface area (Å²) in [4.78, 5) is 30.8. The second-order valence-electron chi connectivity index (χ2n) is 7.70. The van der Waals surface area contributed by atoms with E-state index in [-0.39, 0.29) is 17.4 Å². The first-order chi connectivity index (χ1) is 13.0. The summed E-state index contributed by atoms with van der Waals surface area (Å²) >= 11 is 0. The maximum absolute atomic E-state index is 13.2. The molecule has 0 aliphatic carbocycles. The van der Waals surface area contributed by atoms with Gasteiger partial charge in [0.15, 0.2) is 0 Å². The molecule has 5 heteroatoms. The summed E-state index contributed by atoms with van der Waals surface area (Å²) in [5.41, 5.74) is 2.94. The molecular weight excluding hydrogens is 338 g/mol. The van der Waals surface area contributed by atoms with Gasteiger partial charge in [-0.05, 0) is 36.6 Å². The van der Waals surface area contributed by atoms with Gasteiger partial charge in [-0.2, -0.15) is 0 Å². The highest BCUT2D eigenvalue weighted by Crippen LogP contribution is 2.48. The number of anilines is 2. The molecule has 0 radical (unpaired) electrons. The maximum atomic E-state index is 13.2. The van der Waals surface area contributed by atoms with E-state index in [4.69, 9.17) is 0 Å². The normalized spacial score (nSPS) is 18.4. The molecule has 4 rings (SSSR count). The second kappa shape index (κ2) is 6.72. The number of rotatable bonds is 1. The second-order valence-corrected chi connectivity index (χ2v) is 7.70. The fraction of sp³-hybridized carbons (Fsp3) is 0.364. The van der Waals surface area contributed by atoms with Crippen molar-refractivity contribution in [1.82, 2.24) is 9.80 Å². The molecule has 2 aliphatic rings. The number of piperidine rings is 1. The van der Waals surface area contributed by atoms with Crippen molar-refractivity contribution >= 4 is 23.3 Å². The molecule has 140 valence electrons. The molecule has 2 aromatic carbocycles. The topological polar surface area (TPSA) is 43.9 Å². The smallest absolute Gasteiger partial charge is 0.319 e. The number of amides is 3. The minimum absolute atomic E-state index is 0.0474. The van der Waals surface area contributed by atoms with Crippen molar-refractivity contribution in [3.05, 3.63) is 60.2 Å². The van der Waals surface area contributed by atoms with Crippen LogP contribution in [0.3, 0.4) is 0 Å². The average Bonchev–Trinajstić information content (AvgIpc) is 2.69. The fourth-order valence-corrected chi connectivity index (χ4v) is 4.43. The van der Waals surface area contributed by atoms with E-state index < -0.39 is 0 Å². The minimum Gasteiger partial charge on any atom is -0.331 e. The highest BCUT2D eigenvalue weighted by Gasteiger charge is 2.45. The lowest BCUT2D eigenvalue weighted by atomic mass is 9.67. The lowest BCUT2D eigenvalue weighted by molar-refractivity contribution is -0.120. The number of hydrogen-bond donors (Lipinski definition) is 0. The van der Waals surface area contributed by atoms with Gasteiger partial charge < -0.3 is 9.80 Å². The third kappa shape index (κ3) is 2.97. The Bertz CT molecular complexity index is 855. The van der Waals surface area contributed by atoms with E-state index in [2.05, 4.69) is 12.1 Å². The quantitative estimate of drug-likeness (QED) is 0.774. The van der Waals surface area contributed by atoms with E-state index in [1.54, 1.807) is 19.0 Å². The minimum atomic E-state index is -0.179. The number of carbonyl (C=O) groups excluding carboxylic acids is 2. The first-order valence-electron chi connectivity index (χ1n) is 9.46. The summed E-state index contributed by atoms with van der Waals surface area (Å²) in [5, 5.41) is 0. The molecule has 0 atom stereocenters. The molecule has 0 bridgehead atoms. The molecule has 2 aromatic rings. The first kappa shape index (κ1) is 17.6. The van der Waals surface area contributed by atoms with Crippen LogP contribution in [0.25, 0.3) is 0 Å². The standard InChI is InChI=1S/C22H25N3O2/c1-23(2)21(27)24-14-12-22(13-15-24)16-20(26)25(17-8-4-3-5-9-17)19-11-7-6-10-18(19)22/h3-11H,12-16H2,1-2H3. The van der Waals surface area contributed by atoms with Gasteiger partial charge in [-0.3, -0.25) is 9.69 Å². The van der Waals surface area contributed by atoms with E-state index in [1.807, 2.05) is 52.3 Å². The van der Waals surface area contributed by atoms with Crippen LogP contribution in [0.1, 0.15) is 24.8 Å². The number of nitrogens with zero attached hydrogens (tertiary/aromatic N) is 3.